The van der Waals surface area contributed by atoms with E-state index in [4.69, 9.17) is 0 Å². The van der Waals surface area contributed by atoms with Gasteiger partial charge in [-0.25, -0.2) is 8.42 Å². The van der Waals surface area contributed by atoms with Crippen LogP contribution >= 0.6 is 11.3 Å². The minimum Gasteiger partial charge on any atom is -0.335 e. The lowest BCUT2D eigenvalue weighted by Crippen LogP contribution is -2.50. The van der Waals surface area contributed by atoms with E-state index >= 15 is 0 Å². The van der Waals surface area contributed by atoms with Gasteiger partial charge in [0.15, 0.2) is 5.78 Å². The van der Waals surface area contributed by atoms with Crippen LogP contribution in [-0.2, 0) is 10.0 Å². The van der Waals surface area contributed by atoms with Crippen LogP contribution in [0.1, 0.15) is 27.0 Å². The fraction of sp³-hybridized carbons (Fsp3) is 0.217. The van der Waals surface area contributed by atoms with Crippen molar-refractivity contribution in [1.29, 1.82) is 0 Å². The molecule has 0 unspecified atom stereocenters. The summed E-state index contributed by atoms with van der Waals surface area (Å²) in [6.45, 7) is 2.46. The van der Waals surface area contributed by atoms with Gasteiger partial charge in [-0.15, -0.1) is 11.3 Å². The van der Waals surface area contributed by atoms with Gasteiger partial charge < -0.3 is 4.90 Å². The Morgan fingerprint density at radius 3 is 2.29 bits per heavy atom. The lowest BCUT2D eigenvalue weighted by atomic mass is 10.1. The van der Waals surface area contributed by atoms with Gasteiger partial charge in [-0.2, -0.15) is 4.31 Å². The molecule has 0 saturated carbocycles. The molecule has 0 bridgehead atoms. The third-order valence-corrected chi connectivity index (χ3v) is 8.15. The summed E-state index contributed by atoms with van der Waals surface area (Å²) in [6.07, 6.45) is 0. The molecule has 0 spiro atoms. The highest BCUT2D eigenvalue weighted by Gasteiger charge is 2.31. The number of benzene rings is 2. The standard InChI is InChI=1S/C23H22N2O4S2/c1-17(26)19-8-5-9-20(16-19)31(28,29)25-13-11-24(12-14-25)23(27)22-21(10-15-30-22)18-6-3-2-4-7-18/h2-10,15-16H,11-14H2,1H3. The second-order valence-electron chi connectivity index (χ2n) is 7.31. The zero-order valence-corrected chi connectivity index (χ0v) is 18.7. The SMILES string of the molecule is CC(=O)c1cccc(S(=O)(=O)N2CCN(C(=O)c3sccc3-c3ccccc3)CC2)c1. The van der Waals surface area contributed by atoms with Crippen molar-refractivity contribution < 1.29 is 18.0 Å². The molecule has 6 nitrogen and oxygen atoms in total. The van der Waals surface area contributed by atoms with Gasteiger partial charge in [0.25, 0.3) is 5.91 Å². The molecule has 0 N–H and O–H groups in total. The summed E-state index contributed by atoms with van der Waals surface area (Å²) in [5, 5.41) is 1.90. The first-order valence-electron chi connectivity index (χ1n) is 9.91. The Morgan fingerprint density at radius 1 is 0.903 bits per heavy atom. The van der Waals surface area contributed by atoms with E-state index in [-0.39, 0.29) is 29.7 Å². The Hall–Kier alpha value is -2.81. The molecule has 1 aromatic heterocycles. The number of piperazine rings is 1. The van der Waals surface area contributed by atoms with Gasteiger partial charge >= 0.3 is 0 Å². The van der Waals surface area contributed by atoms with Gasteiger partial charge in [0.1, 0.15) is 0 Å². The van der Waals surface area contributed by atoms with Gasteiger partial charge in [-0.05, 0) is 36.1 Å². The highest BCUT2D eigenvalue weighted by atomic mass is 32.2. The van der Waals surface area contributed by atoms with Crippen molar-refractivity contribution in [2.24, 2.45) is 0 Å². The van der Waals surface area contributed by atoms with Crippen molar-refractivity contribution in [3.63, 3.8) is 0 Å². The van der Waals surface area contributed by atoms with E-state index < -0.39 is 10.0 Å². The summed E-state index contributed by atoms with van der Waals surface area (Å²) in [6, 6.07) is 17.8. The molecule has 3 aromatic rings. The normalized spacial score (nSPS) is 15.1. The van der Waals surface area contributed by atoms with Gasteiger partial charge in [0.2, 0.25) is 10.0 Å². The predicted octanol–water partition coefficient (Wildman–Crippen LogP) is 3.76. The number of hydrogen-bond donors (Lipinski definition) is 0. The van der Waals surface area contributed by atoms with Gasteiger partial charge in [-0.1, -0.05) is 42.5 Å². The molecule has 1 saturated heterocycles. The third-order valence-electron chi connectivity index (χ3n) is 5.35. The van der Waals surface area contributed by atoms with E-state index in [0.717, 1.165) is 11.1 Å². The molecule has 2 heterocycles. The Bertz CT molecular complexity index is 1210. The Kier molecular flexibility index (Phi) is 6.04. The topological polar surface area (TPSA) is 74.8 Å². The number of thiophene rings is 1. The number of nitrogens with zero attached hydrogens (tertiary/aromatic N) is 2. The molecule has 0 radical (unpaired) electrons. The Morgan fingerprint density at radius 2 is 1.61 bits per heavy atom. The number of amides is 1. The summed E-state index contributed by atoms with van der Waals surface area (Å²) in [7, 11) is -3.73. The smallest absolute Gasteiger partial charge is 0.264 e. The molecule has 4 rings (SSSR count). The highest BCUT2D eigenvalue weighted by molar-refractivity contribution is 7.89. The fourth-order valence-corrected chi connectivity index (χ4v) is 5.97. The molecular formula is C23H22N2O4S2. The van der Waals surface area contributed by atoms with E-state index in [9.17, 15) is 18.0 Å². The van der Waals surface area contributed by atoms with Crippen LogP contribution in [0.5, 0.6) is 0 Å². The molecule has 31 heavy (non-hydrogen) atoms. The molecule has 160 valence electrons. The largest absolute Gasteiger partial charge is 0.335 e. The predicted molar refractivity (Wildman–Crippen MR) is 121 cm³/mol. The lowest BCUT2D eigenvalue weighted by molar-refractivity contribution is 0.0703. The van der Waals surface area contributed by atoms with E-state index in [1.807, 2.05) is 41.8 Å². The van der Waals surface area contributed by atoms with Crippen molar-refractivity contribution in [1.82, 2.24) is 9.21 Å². The van der Waals surface area contributed by atoms with E-state index in [1.54, 1.807) is 17.0 Å². The zero-order chi connectivity index (χ0) is 22.0. The van der Waals surface area contributed by atoms with Crippen LogP contribution in [0.15, 0.2) is 70.9 Å². The highest BCUT2D eigenvalue weighted by Crippen LogP contribution is 2.30. The molecule has 0 atom stereocenters. The number of Topliss-reactive ketones (excluding diaryl/α,β-unsaturated/α-hetero) is 1. The molecule has 1 fully saturated rings. The number of hydrogen-bond acceptors (Lipinski definition) is 5. The molecular weight excluding hydrogens is 432 g/mol. The van der Waals surface area contributed by atoms with E-state index in [0.29, 0.717) is 23.5 Å². The van der Waals surface area contributed by atoms with Crippen LogP contribution in [0.3, 0.4) is 0 Å². The molecule has 1 aliphatic heterocycles. The molecule has 1 amide bonds. The molecule has 0 aliphatic carbocycles. The minimum absolute atomic E-state index is 0.0792. The Labute approximate surface area is 185 Å². The van der Waals surface area contributed by atoms with Crippen LogP contribution < -0.4 is 0 Å². The minimum atomic E-state index is -3.73. The third kappa shape index (κ3) is 4.32. The van der Waals surface area contributed by atoms with Gasteiger partial charge in [-0.3, -0.25) is 9.59 Å². The average molecular weight is 455 g/mol. The quantitative estimate of drug-likeness (QED) is 0.550. The zero-order valence-electron chi connectivity index (χ0n) is 17.0. The van der Waals surface area contributed by atoms with Crippen molar-refractivity contribution in [3.8, 4) is 11.1 Å². The van der Waals surface area contributed by atoms with Crippen LogP contribution in [0.25, 0.3) is 11.1 Å². The first-order valence-corrected chi connectivity index (χ1v) is 12.2. The molecule has 2 aromatic carbocycles. The molecule has 8 heteroatoms. The van der Waals surface area contributed by atoms with Crippen LogP contribution in [0.4, 0.5) is 0 Å². The number of carbonyl (C=O) groups is 2. The summed E-state index contributed by atoms with van der Waals surface area (Å²) in [5.41, 5.74) is 2.24. The fourth-order valence-electron chi connectivity index (χ4n) is 3.62. The van der Waals surface area contributed by atoms with Gasteiger partial charge in [0, 0.05) is 37.3 Å². The average Bonchev–Trinajstić information content (AvgIpc) is 3.29. The van der Waals surface area contributed by atoms with E-state index in [2.05, 4.69) is 0 Å². The van der Waals surface area contributed by atoms with Crippen molar-refractivity contribution in [2.75, 3.05) is 26.2 Å². The van der Waals surface area contributed by atoms with Crippen LogP contribution in [0.2, 0.25) is 0 Å². The number of ketones is 1. The van der Waals surface area contributed by atoms with Crippen molar-refractivity contribution in [2.45, 2.75) is 11.8 Å². The van der Waals surface area contributed by atoms with Crippen molar-refractivity contribution >= 4 is 33.1 Å². The van der Waals surface area contributed by atoms with Crippen LogP contribution in [-0.4, -0.2) is 55.5 Å². The maximum atomic E-state index is 13.1. The lowest BCUT2D eigenvalue weighted by Gasteiger charge is -2.34. The second kappa shape index (κ2) is 8.74. The van der Waals surface area contributed by atoms with Crippen molar-refractivity contribution in [3.05, 3.63) is 76.5 Å². The number of sulfonamides is 1. The maximum absolute atomic E-state index is 13.1. The van der Waals surface area contributed by atoms with E-state index in [1.165, 1.54) is 34.7 Å². The summed E-state index contributed by atoms with van der Waals surface area (Å²) in [5.74, 6) is -0.262. The molecule has 1 aliphatic rings. The first-order chi connectivity index (χ1) is 14.9. The van der Waals surface area contributed by atoms with Gasteiger partial charge in [0.05, 0.1) is 9.77 Å². The Balaban J connectivity index is 1.48. The number of rotatable bonds is 5. The first kappa shape index (κ1) is 21.4. The summed E-state index contributed by atoms with van der Waals surface area (Å²) < 4.78 is 27.4. The number of carbonyl (C=O) groups excluding carboxylic acids is 2. The summed E-state index contributed by atoms with van der Waals surface area (Å²) in [4.78, 5) is 27.2. The van der Waals surface area contributed by atoms with Crippen LogP contribution in [0, 0.1) is 0 Å². The summed E-state index contributed by atoms with van der Waals surface area (Å²) >= 11 is 1.40. The second-order valence-corrected chi connectivity index (χ2v) is 10.2. The maximum Gasteiger partial charge on any atom is 0.264 e. The monoisotopic (exact) mass is 454 g/mol.